The van der Waals surface area contributed by atoms with E-state index in [9.17, 15) is 19.2 Å². The Balaban J connectivity index is 1.42. The van der Waals surface area contributed by atoms with Crippen LogP contribution in [0.1, 0.15) is 45.0 Å². The summed E-state index contributed by atoms with van der Waals surface area (Å²) in [6.07, 6.45) is 5.11. The number of carbonyl (C=O) groups is 4. The van der Waals surface area contributed by atoms with Crippen LogP contribution in [0.2, 0.25) is 0 Å². The molecule has 2 saturated heterocycles. The zero-order valence-corrected chi connectivity index (χ0v) is 19.4. The highest BCUT2D eigenvalue weighted by Crippen LogP contribution is 2.53. The van der Waals surface area contributed by atoms with Crippen LogP contribution in [0.15, 0.2) is 77.5 Å². The fraction of sp³-hybridized carbons (Fsp3) is 0.214. The SMILES string of the molecule is CCOC(=O)c1ccc(N2C(=O)[C@@H]3[C@H](C2=O)[C@@H]2c4ccccc4C=CN2[C@@H]3C(=O)c2ccco2)cc1. The molecule has 180 valence electrons. The molecule has 8 heteroatoms. The van der Waals surface area contributed by atoms with Gasteiger partial charge in [0.1, 0.15) is 6.04 Å². The Morgan fingerprint density at radius 1 is 0.944 bits per heavy atom. The minimum atomic E-state index is -0.893. The zero-order chi connectivity index (χ0) is 25.0. The molecular weight excluding hydrogens is 460 g/mol. The summed E-state index contributed by atoms with van der Waals surface area (Å²) in [5, 5.41) is 0. The molecule has 0 unspecified atom stereocenters. The molecule has 0 spiro atoms. The number of furan rings is 1. The minimum Gasteiger partial charge on any atom is -0.462 e. The van der Waals surface area contributed by atoms with Crippen LogP contribution in [-0.4, -0.2) is 41.1 Å². The van der Waals surface area contributed by atoms with Gasteiger partial charge in [0.15, 0.2) is 5.76 Å². The highest BCUT2D eigenvalue weighted by molar-refractivity contribution is 6.24. The van der Waals surface area contributed by atoms with Gasteiger partial charge in [0, 0.05) is 6.20 Å². The normalized spacial score (nSPS) is 23.9. The van der Waals surface area contributed by atoms with Crippen molar-refractivity contribution in [2.75, 3.05) is 11.5 Å². The Labute approximate surface area is 206 Å². The Hall–Kier alpha value is -4.46. The van der Waals surface area contributed by atoms with E-state index in [1.807, 2.05) is 35.2 Å². The molecule has 6 rings (SSSR count). The maximum absolute atomic E-state index is 13.9. The van der Waals surface area contributed by atoms with E-state index in [0.29, 0.717) is 11.3 Å². The molecule has 3 aromatic rings. The molecule has 4 atom stereocenters. The van der Waals surface area contributed by atoms with E-state index in [0.717, 1.165) is 16.0 Å². The summed E-state index contributed by atoms with van der Waals surface area (Å²) in [5.41, 5.74) is 2.51. The van der Waals surface area contributed by atoms with Crippen LogP contribution < -0.4 is 4.90 Å². The maximum Gasteiger partial charge on any atom is 0.338 e. The lowest BCUT2D eigenvalue weighted by Gasteiger charge is -2.35. The number of nitrogens with zero attached hydrogens (tertiary/aromatic N) is 2. The third-order valence-electron chi connectivity index (χ3n) is 7.13. The molecule has 36 heavy (non-hydrogen) atoms. The average molecular weight is 482 g/mol. The molecule has 0 N–H and O–H groups in total. The van der Waals surface area contributed by atoms with E-state index in [1.54, 1.807) is 37.4 Å². The van der Waals surface area contributed by atoms with Crippen LogP contribution in [0.5, 0.6) is 0 Å². The summed E-state index contributed by atoms with van der Waals surface area (Å²) >= 11 is 0. The fourth-order valence-corrected chi connectivity index (χ4v) is 5.64. The maximum atomic E-state index is 13.9. The Bertz CT molecular complexity index is 1410. The van der Waals surface area contributed by atoms with Gasteiger partial charge in [0.2, 0.25) is 17.6 Å². The van der Waals surface area contributed by atoms with Gasteiger partial charge in [-0.2, -0.15) is 0 Å². The Morgan fingerprint density at radius 3 is 2.42 bits per heavy atom. The lowest BCUT2D eigenvalue weighted by molar-refractivity contribution is -0.123. The number of rotatable bonds is 5. The standard InChI is InChI=1S/C28H22N2O6/c1-2-35-28(34)17-9-11-18(12-10-17)30-26(32)21-22(27(30)33)24(25(31)20-8-5-15-36-20)29-14-13-16-6-3-4-7-19(16)23(21)29/h3-15,21-24H,2H2,1H3/t21-,22+,23-,24-/m0/s1. The number of ketones is 1. The minimum absolute atomic E-state index is 0.143. The van der Waals surface area contributed by atoms with Crippen molar-refractivity contribution < 1.29 is 28.3 Å². The first-order valence-electron chi connectivity index (χ1n) is 11.8. The number of hydrogen-bond donors (Lipinski definition) is 0. The first-order chi connectivity index (χ1) is 17.5. The summed E-state index contributed by atoms with van der Waals surface area (Å²) in [7, 11) is 0. The van der Waals surface area contributed by atoms with Crippen molar-refractivity contribution in [2.24, 2.45) is 11.8 Å². The number of anilines is 1. The summed E-state index contributed by atoms with van der Waals surface area (Å²) in [4.78, 5) is 56.3. The molecule has 8 nitrogen and oxygen atoms in total. The number of hydrogen-bond acceptors (Lipinski definition) is 7. The summed E-state index contributed by atoms with van der Waals surface area (Å²) < 4.78 is 10.4. The van der Waals surface area contributed by atoms with E-state index in [1.165, 1.54) is 18.4 Å². The first kappa shape index (κ1) is 22.0. The largest absolute Gasteiger partial charge is 0.462 e. The molecule has 0 saturated carbocycles. The van der Waals surface area contributed by atoms with Crippen LogP contribution in [0.4, 0.5) is 5.69 Å². The number of benzene rings is 2. The molecule has 3 aliphatic rings. The zero-order valence-electron chi connectivity index (χ0n) is 19.4. The quantitative estimate of drug-likeness (QED) is 0.310. The molecule has 0 bridgehead atoms. The van der Waals surface area contributed by atoms with E-state index < -0.39 is 35.8 Å². The molecule has 4 heterocycles. The van der Waals surface area contributed by atoms with Gasteiger partial charge in [-0.05, 0) is 60.5 Å². The number of imide groups is 1. The predicted molar refractivity (Wildman–Crippen MR) is 129 cm³/mol. The Kier molecular flexibility index (Phi) is 5.10. The van der Waals surface area contributed by atoms with Crippen molar-refractivity contribution in [3.63, 3.8) is 0 Å². The number of amides is 2. The summed E-state index contributed by atoms with van der Waals surface area (Å²) in [6.45, 7) is 1.96. The van der Waals surface area contributed by atoms with Crippen molar-refractivity contribution in [1.29, 1.82) is 0 Å². The Morgan fingerprint density at radius 2 is 1.69 bits per heavy atom. The van der Waals surface area contributed by atoms with E-state index in [4.69, 9.17) is 9.15 Å². The average Bonchev–Trinajstić information content (AvgIpc) is 3.60. The topological polar surface area (TPSA) is 97.1 Å². The number of ether oxygens (including phenoxy) is 1. The number of fused-ring (bicyclic) bond motifs is 5. The van der Waals surface area contributed by atoms with Crippen LogP contribution >= 0.6 is 0 Å². The van der Waals surface area contributed by atoms with Gasteiger partial charge >= 0.3 is 5.97 Å². The highest BCUT2D eigenvalue weighted by atomic mass is 16.5. The van der Waals surface area contributed by atoms with Gasteiger partial charge in [0.05, 0.1) is 42.0 Å². The van der Waals surface area contributed by atoms with Crippen LogP contribution in [-0.2, 0) is 14.3 Å². The molecule has 2 amide bonds. The molecule has 3 aliphatic heterocycles. The second-order valence-corrected chi connectivity index (χ2v) is 8.95. The van der Waals surface area contributed by atoms with Crippen molar-refractivity contribution in [3.05, 3.63) is 95.6 Å². The number of Topliss-reactive ketones (excluding diaryl/α,β-unsaturated/α-hetero) is 1. The molecule has 1 aromatic heterocycles. The van der Waals surface area contributed by atoms with E-state index >= 15 is 0 Å². The van der Waals surface area contributed by atoms with Crippen molar-refractivity contribution >= 4 is 35.3 Å². The molecule has 2 fully saturated rings. The first-order valence-corrected chi connectivity index (χ1v) is 11.8. The van der Waals surface area contributed by atoms with Gasteiger partial charge in [-0.15, -0.1) is 0 Å². The van der Waals surface area contributed by atoms with E-state index in [2.05, 4.69) is 0 Å². The van der Waals surface area contributed by atoms with Gasteiger partial charge in [-0.1, -0.05) is 24.3 Å². The second kappa shape index (κ2) is 8.34. The third-order valence-corrected chi connectivity index (χ3v) is 7.13. The van der Waals surface area contributed by atoms with Gasteiger partial charge in [-0.3, -0.25) is 14.4 Å². The summed E-state index contributed by atoms with van der Waals surface area (Å²) in [5.74, 6) is -3.14. The van der Waals surface area contributed by atoms with Crippen LogP contribution in [0.25, 0.3) is 6.08 Å². The van der Waals surface area contributed by atoms with Gasteiger partial charge in [-0.25, -0.2) is 9.69 Å². The van der Waals surface area contributed by atoms with Gasteiger partial charge < -0.3 is 14.1 Å². The van der Waals surface area contributed by atoms with Crippen molar-refractivity contribution in [3.8, 4) is 0 Å². The van der Waals surface area contributed by atoms with Crippen molar-refractivity contribution in [2.45, 2.75) is 19.0 Å². The second-order valence-electron chi connectivity index (χ2n) is 8.95. The fourth-order valence-electron chi connectivity index (χ4n) is 5.64. The third kappa shape index (κ3) is 3.14. The van der Waals surface area contributed by atoms with Crippen molar-refractivity contribution in [1.82, 2.24) is 4.90 Å². The molecule has 2 aromatic carbocycles. The molecule has 0 radical (unpaired) electrons. The summed E-state index contributed by atoms with van der Waals surface area (Å²) in [6, 6.07) is 15.7. The lowest BCUT2D eigenvalue weighted by atomic mass is 9.84. The van der Waals surface area contributed by atoms with E-state index in [-0.39, 0.29) is 24.1 Å². The van der Waals surface area contributed by atoms with Crippen LogP contribution in [0.3, 0.4) is 0 Å². The number of esters is 1. The number of carbonyl (C=O) groups excluding carboxylic acids is 4. The monoisotopic (exact) mass is 482 g/mol. The lowest BCUT2D eigenvalue weighted by Crippen LogP contribution is -2.44. The van der Waals surface area contributed by atoms with Gasteiger partial charge in [0.25, 0.3) is 0 Å². The predicted octanol–water partition coefficient (Wildman–Crippen LogP) is 3.85. The smallest absolute Gasteiger partial charge is 0.338 e. The highest BCUT2D eigenvalue weighted by Gasteiger charge is 2.64. The molecule has 0 aliphatic carbocycles. The molecular formula is C28H22N2O6. The van der Waals surface area contributed by atoms with Crippen LogP contribution in [0, 0.1) is 11.8 Å².